The highest BCUT2D eigenvalue weighted by Gasteiger charge is 2.64. The molecule has 0 aliphatic carbocycles. The molecule has 4 aliphatic rings. The van der Waals surface area contributed by atoms with Crippen molar-refractivity contribution in [3.8, 4) is 0 Å². The molecule has 1 spiro atoms. The first-order valence-corrected chi connectivity index (χ1v) is 11.4. The second-order valence-corrected chi connectivity index (χ2v) is 9.54. The highest BCUT2D eigenvalue weighted by Crippen LogP contribution is 2.51. The number of imide groups is 4. The van der Waals surface area contributed by atoms with E-state index in [9.17, 15) is 28.8 Å². The first-order chi connectivity index (χ1) is 16.5. The monoisotopic (exact) mass is 499 g/mol. The van der Waals surface area contributed by atoms with Crippen LogP contribution in [0, 0.1) is 5.41 Å². The Balaban J connectivity index is 1.65. The smallest absolute Gasteiger partial charge is 0.332 e. The number of likely N-dealkylation sites (N-methyl/N-ethyl adjacent to an activating group) is 1. The van der Waals surface area contributed by atoms with Gasteiger partial charge in [0.25, 0.3) is 11.8 Å². The Hall–Kier alpha value is -3.73. The van der Waals surface area contributed by atoms with Crippen molar-refractivity contribution in [3.05, 3.63) is 33.9 Å². The van der Waals surface area contributed by atoms with Crippen molar-refractivity contribution < 1.29 is 28.8 Å². The van der Waals surface area contributed by atoms with Gasteiger partial charge in [0.1, 0.15) is 5.57 Å². The van der Waals surface area contributed by atoms with Gasteiger partial charge in [0, 0.05) is 39.8 Å². The number of benzene rings is 1. The van der Waals surface area contributed by atoms with E-state index in [0.717, 1.165) is 26.8 Å². The predicted octanol–water partition coefficient (Wildman–Crippen LogP) is 0.993. The summed E-state index contributed by atoms with van der Waals surface area (Å²) < 4.78 is 0. The summed E-state index contributed by atoms with van der Waals surface area (Å²) in [6.45, 7) is 0.603. The van der Waals surface area contributed by atoms with Crippen LogP contribution in [0.5, 0.6) is 0 Å². The SMILES string of the molecule is CN1C(=O)NC(=O)/C(=C/c2ccc3c(c2Cl)CC2(C(=O)N(C)C(=O)N(C)C2=O)C2CCCN32)C1=O. The van der Waals surface area contributed by atoms with Crippen molar-refractivity contribution in [3.63, 3.8) is 0 Å². The summed E-state index contributed by atoms with van der Waals surface area (Å²) >= 11 is 6.78. The van der Waals surface area contributed by atoms with Crippen LogP contribution in [-0.4, -0.2) is 84.1 Å². The average Bonchev–Trinajstić information content (AvgIpc) is 3.34. The third-order valence-corrected chi connectivity index (χ3v) is 7.83. The molecule has 1 atom stereocenters. The summed E-state index contributed by atoms with van der Waals surface area (Å²) in [7, 11) is 3.97. The zero-order valence-corrected chi connectivity index (χ0v) is 20.0. The number of carbonyl (C=O) groups excluding carboxylic acids is 6. The maximum atomic E-state index is 13.5. The second kappa shape index (κ2) is 7.64. The molecule has 12 heteroatoms. The zero-order chi connectivity index (χ0) is 25.4. The number of urea groups is 2. The van der Waals surface area contributed by atoms with Gasteiger partial charge in [-0.3, -0.25) is 39.2 Å². The van der Waals surface area contributed by atoms with Gasteiger partial charge in [0.05, 0.1) is 11.1 Å². The lowest BCUT2D eigenvalue weighted by Crippen LogP contribution is -2.70. The summed E-state index contributed by atoms with van der Waals surface area (Å²) in [5.41, 5.74) is -0.188. The molecule has 1 unspecified atom stereocenters. The molecule has 0 bridgehead atoms. The Labute approximate surface area is 205 Å². The molecule has 0 saturated carbocycles. The van der Waals surface area contributed by atoms with E-state index in [1.807, 2.05) is 4.90 Å². The third-order valence-electron chi connectivity index (χ3n) is 7.39. The van der Waals surface area contributed by atoms with Gasteiger partial charge in [-0.1, -0.05) is 17.7 Å². The molecule has 5 rings (SSSR count). The number of nitrogens with zero attached hydrogens (tertiary/aromatic N) is 4. The second-order valence-electron chi connectivity index (χ2n) is 9.16. The minimum Gasteiger partial charge on any atom is -0.367 e. The lowest BCUT2D eigenvalue weighted by Gasteiger charge is -2.51. The number of fused-ring (bicyclic) bond motifs is 4. The third kappa shape index (κ3) is 2.97. The van der Waals surface area contributed by atoms with Crippen LogP contribution in [0.25, 0.3) is 6.08 Å². The van der Waals surface area contributed by atoms with E-state index in [1.54, 1.807) is 12.1 Å². The molecule has 0 radical (unpaired) electrons. The van der Waals surface area contributed by atoms with Crippen LogP contribution < -0.4 is 10.2 Å². The number of barbiturate groups is 2. The Bertz CT molecular complexity index is 1270. The largest absolute Gasteiger partial charge is 0.367 e. The summed E-state index contributed by atoms with van der Waals surface area (Å²) in [5, 5.41) is 2.27. The predicted molar refractivity (Wildman–Crippen MR) is 123 cm³/mol. The first-order valence-electron chi connectivity index (χ1n) is 11.0. The number of hydrogen-bond acceptors (Lipinski definition) is 7. The molecule has 1 aromatic rings. The molecule has 1 aromatic carbocycles. The van der Waals surface area contributed by atoms with Crippen LogP contribution in [0.15, 0.2) is 17.7 Å². The van der Waals surface area contributed by atoms with Gasteiger partial charge in [-0.15, -0.1) is 0 Å². The van der Waals surface area contributed by atoms with Crippen LogP contribution in [0.4, 0.5) is 15.3 Å². The molecule has 35 heavy (non-hydrogen) atoms. The molecule has 8 amide bonds. The van der Waals surface area contributed by atoms with Gasteiger partial charge in [-0.05, 0) is 36.1 Å². The van der Waals surface area contributed by atoms with E-state index in [2.05, 4.69) is 5.32 Å². The summed E-state index contributed by atoms with van der Waals surface area (Å²) in [6, 6.07) is 1.50. The van der Waals surface area contributed by atoms with Crippen molar-refractivity contribution in [2.24, 2.45) is 5.41 Å². The molecule has 4 aliphatic heterocycles. The van der Waals surface area contributed by atoms with E-state index in [-0.39, 0.29) is 17.0 Å². The standard InChI is InChI=1S/C23H22ClN5O6/c1-26-18(31)12(17(30)25-21(26)34)9-11-6-7-14-13(16(11)24)10-23(15-5-4-8-29(14)15)19(32)27(2)22(35)28(3)20(23)33/h6-7,9,15H,4-5,8,10H2,1-3H3,(H,25,30,34)/b12-9-. The molecule has 0 aromatic heterocycles. The van der Waals surface area contributed by atoms with Gasteiger partial charge in [-0.25, -0.2) is 9.59 Å². The molecule has 182 valence electrons. The normalized spacial score (nSPS) is 25.0. The van der Waals surface area contributed by atoms with Crippen LogP contribution >= 0.6 is 11.6 Å². The van der Waals surface area contributed by atoms with Crippen LogP contribution in [-0.2, 0) is 25.6 Å². The van der Waals surface area contributed by atoms with Gasteiger partial charge < -0.3 is 4.90 Å². The van der Waals surface area contributed by atoms with Crippen molar-refractivity contribution >= 4 is 59.1 Å². The van der Waals surface area contributed by atoms with E-state index >= 15 is 0 Å². The Morgan fingerprint density at radius 3 is 2.31 bits per heavy atom. The number of nitrogens with one attached hydrogen (secondary N) is 1. The molecule has 11 nitrogen and oxygen atoms in total. The Morgan fingerprint density at radius 2 is 1.66 bits per heavy atom. The number of carbonyl (C=O) groups is 6. The summed E-state index contributed by atoms with van der Waals surface area (Å²) in [6.07, 6.45) is 2.62. The van der Waals surface area contributed by atoms with Crippen LogP contribution in [0.3, 0.4) is 0 Å². The fraction of sp³-hybridized carbons (Fsp3) is 0.391. The van der Waals surface area contributed by atoms with Gasteiger partial charge in [-0.2, -0.15) is 0 Å². The van der Waals surface area contributed by atoms with Gasteiger partial charge >= 0.3 is 12.1 Å². The van der Waals surface area contributed by atoms with Crippen molar-refractivity contribution in [2.75, 3.05) is 32.6 Å². The van der Waals surface area contributed by atoms with Crippen LogP contribution in [0.1, 0.15) is 24.0 Å². The Morgan fingerprint density at radius 1 is 1.00 bits per heavy atom. The number of anilines is 1. The summed E-state index contributed by atoms with van der Waals surface area (Å²) in [5.74, 6) is -2.77. The quantitative estimate of drug-likeness (QED) is 0.347. The minimum atomic E-state index is -1.53. The van der Waals surface area contributed by atoms with Gasteiger partial charge in [0.15, 0.2) is 5.41 Å². The molecule has 4 heterocycles. The van der Waals surface area contributed by atoms with Crippen LogP contribution in [0.2, 0.25) is 5.02 Å². The number of rotatable bonds is 1. The maximum absolute atomic E-state index is 13.5. The molecule has 3 saturated heterocycles. The van der Waals surface area contributed by atoms with E-state index in [1.165, 1.54) is 27.2 Å². The molecule has 1 N–H and O–H groups in total. The number of hydrogen-bond donors (Lipinski definition) is 1. The van der Waals surface area contributed by atoms with Crippen molar-refractivity contribution in [2.45, 2.75) is 25.3 Å². The molecular formula is C23H22ClN5O6. The lowest BCUT2D eigenvalue weighted by molar-refractivity contribution is -0.159. The van der Waals surface area contributed by atoms with Crippen molar-refractivity contribution in [1.82, 2.24) is 20.0 Å². The van der Waals surface area contributed by atoms with E-state index < -0.39 is 47.1 Å². The fourth-order valence-electron chi connectivity index (χ4n) is 5.57. The molecule has 3 fully saturated rings. The minimum absolute atomic E-state index is 0.0303. The van der Waals surface area contributed by atoms with Gasteiger partial charge in [0.2, 0.25) is 11.8 Å². The van der Waals surface area contributed by atoms with E-state index in [4.69, 9.17) is 11.6 Å². The first kappa shape index (κ1) is 23.0. The zero-order valence-electron chi connectivity index (χ0n) is 19.3. The number of halogens is 1. The maximum Gasteiger partial charge on any atom is 0.332 e. The van der Waals surface area contributed by atoms with Crippen molar-refractivity contribution in [1.29, 1.82) is 0 Å². The lowest BCUT2D eigenvalue weighted by atomic mass is 9.68. The number of amides is 8. The van der Waals surface area contributed by atoms with E-state index in [0.29, 0.717) is 24.1 Å². The summed E-state index contributed by atoms with van der Waals surface area (Å²) in [4.78, 5) is 80.7. The topological polar surface area (TPSA) is 127 Å². The average molecular weight is 500 g/mol. The fourth-order valence-corrected chi connectivity index (χ4v) is 5.85. The molecular weight excluding hydrogens is 478 g/mol. The Kier molecular flexibility index (Phi) is 5.03. The highest BCUT2D eigenvalue weighted by atomic mass is 35.5. The highest BCUT2D eigenvalue weighted by molar-refractivity contribution is 6.35.